The lowest BCUT2D eigenvalue weighted by molar-refractivity contribution is -0.0212. The summed E-state index contributed by atoms with van der Waals surface area (Å²) in [5, 5.41) is 2.77. The number of hydrogen-bond donors (Lipinski definition) is 1. The van der Waals surface area contributed by atoms with E-state index in [1.165, 1.54) is 12.1 Å². The summed E-state index contributed by atoms with van der Waals surface area (Å²) < 4.78 is 18.9. The Morgan fingerprint density at radius 1 is 1.28 bits per heavy atom. The van der Waals surface area contributed by atoms with Gasteiger partial charge in [-0.25, -0.2) is 4.39 Å². The van der Waals surface area contributed by atoms with Crippen molar-refractivity contribution in [1.29, 1.82) is 0 Å². The maximum Gasteiger partial charge on any atom is 0.255 e. The van der Waals surface area contributed by atoms with Crippen molar-refractivity contribution in [2.75, 3.05) is 25.0 Å². The Morgan fingerprint density at radius 3 is 2.76 bits per heavy atom. The van der Waals surface area contributed by atoms with E-state index in [0.717, 1.165) is 37.4 Å². The molecule has 5 heteroatoms. The fraction of sp³-hybridized carbons (Fsp3) is 0.350. The summed E-state index contributed by atoms with van der Waals surface area (Å²) in [5.41, 5.74) is 3.04. The molecule has 0 spiro atoms. The number of hydrogen-bond acceptors (Lipinski definition) is 3. The van der Waals surface area contributed by atoms with Gasteiger partial charge in [-0.05, 0) is 49.2 Å². The third-order valence-electron chi connectivity index (χ3n) is 4.40. The van der Waals surface area contributed by atoms with Crippen LogP contribution in [-0.4, -0.2) is 36.6 Å². The Morgan fingerprint density at radius 2 is 2.04 bits per heavy atom. The smallest absolute Gasteiger partial charge is 0.255 e. The lowest BCUT2D eigenvalue weighted by Crippen LogP contribution is -2.40. The monoisotopic (exact) mass is 342 g/mol. The molecule has 1 unspecified atom stereocenters. The molecule has 1 fully saturated rings. The molecule has 132 valence electrons. The fourth-order valence-electron chi connectivity index (χ4n) is 2.98. The van der Waals surface area contributed by atoms with E-state index in [4.69, 9.17) is 4.74 Å². The van der Waals surface area contributed by atoms with Crippen LogP contribution >= 0.6 is 0 Å². The number of nitrogens with zero attached hydrogens (tertiary/aromatic N) is 1. The molecule has 0 radical (unpaired) electrons. The van der Waals surface area contributed by atoms with E-state index < -0.39 is 0 Å². The molecule has 1 atom stereocenters. The Balaban J connectivity index is 1.63. The minimum Gasteiger partial charge on any atom is -0.376 e. The quantitative estimate of drug-likeness (QED) is 0.923. The van der Waals surface area contributed by atoms with Gasteiger partial charge in [0, 0.05) is 30.9 Å². The highest BCUT2D eigenvalue weighted by atomic mass is 19.1. The van der Waals surface area contributed by atoms with Crippen molar-refractivity contribution in [2.24, 2.45) is 0 Å². The normalized spacial score (nSPS) is 18.1. The zero-order chi connectivity index (χ0) is 17.8. The van der Waals surface area contributed by atoms with Gasteiger partial charge in [0.1, 0.15) is 5.82 Å². The van der Waals surface area contributed by atoms with Gasteiger partial charge in [-0.15, -0.1) is 0 Å². The molecule has 1 amide bonds. The number of halogens is 1. The van der Waals surface area contributed by atoms with E-state index in [1.54, 1.807) is 6.07 Å². The molecule has 4 nitrogen and oxygen atoms in total. The van der Waals surface area contributed by atoms with Crippen LogP contribution in [0.3, 0.4) is 0 Å². The molecule has 3 rings (SSSR count). The summed E-state index contributed by atoms with van der Waals surface area (Å²) in [5.74, 6) is -0.601. The predicted molar refractivity (Wildman–Crippen MR) is 96.2 cm³/mol. The second kappa shape index (κ2) is 7.76. The van der Waals surface area contributed by atoms with Gasteiger partial charge in [0.2, 0.25) is 0 Å². The highest BCUT2D eigenvalue weighted by Gasteiger charge is 2.16. The van der Waals surface area contributed by atoms with Crippen LogP contribution in [0.4, 0.5) is 10.1 Å². The SMILES string of the molecule is Cc1ccc(F)cc1NC(=O)c1ccc(CN2CCOC(C)C2)cc1. The van der Waals surface area contributed by atoms with Crippen LogP contribution in [0.25, 0.3) is 0 Å². The Bertz CT molecular complexity index is 746. The molecule has 1 saturated heterocycles. The van der Waals surface area contributed by atoms with Gasteiger partial charge in [0.15, 0.2) is 0 Å². The summed E-state index contributed by atoms with van der Waals surface area (Å²) in [6, 6.07) is 11.9. The van der Waals surface area contributed by atoms with Crippen LogP contribution in [-0.2, 0) is 11.3 Å². The third-order valence-corrected chi connectivity index (χ3v) is 4.40. The first-order valence-corrected chi connectivity index (χ1v) is 8.51. The van der Waals surface area contributed by atoms with Gasteiger partial charge in [-0.2, -0.15) is 0 Å². The first-order valence-electron chi connectivity index (χ1n) is 8.51. The van der Waals surface area contributed by atoms with Gasteiger partial charge in [0.05, 0.1) is 12.7 Å². The standard InChI is InChI=1S/C20H23FN2O2/c1-14-3-8-18(21)11-19(14)22-20(24)17-6-4-16(5-7-17)13-23-9-10-25-15(2)12-23/h3-8,11,15H,9-10,12-13H2,1-2H3,(H,22,24). The molecule has 2 aromatic carbocycles. The van der Waals surface area contributed by atoms with Crippen molar-refractivity contribution < 1.29 is 13.9 Å². The number of anilines is 1. The molecule has 1 aliphatic rings. The fourth-order valence-corrected chi connectivity index (χ4v) is 2.98. The highest BCUT2D eigenvalue weighted by Crippen LogP contribution is 2.18. The summed E-state index contributed by atoms with van der Waals surface area (Å²) in [4.78, 5) is 14.7. The van der Waals surface area contributed by atoms with Crippen molar-refractivity contribution in [1.82, 2.24) is 4.90 Å². The van der Waals surface area contributed by atoms with Crippen molar-refractivity contribution in [2.45, 2.75) is 26.5 Å². The summed E-state index contributed by atoms with van der Waals surface area (Å²) >= 11 is 0. The van der Waals surface area contributed by atoms with Crippen LogP contribution in [0.15, 0.2) is 42.5 Å². The van der Waals surface area contributed by atoms with Gasteiger partial charge in [-0.3, -0.25) is 9.69 Å². The molecule has 0 bridgehead atoms. The largest absolute Gasteiger partial charge is 0.376 e. The van der Waals surface area contributed by atoms with Gasteiger partial charge in [0.25, 0.3) is 5.91 Å². The number of morpholine rings is 1. The third kappa shape index (κ3) is 4.65. The minimum absolute atomic E-state index is 0.236. The number of rotatable bonds is 4. The number of ether oxygens (including phenoxy) is 1. The van der Waals surface area contributed by atoms with Crippen LogP contribution in [0.5, 0.6) is 0 Å². The van der Waals surface area contributed by atoms with E-state index >= 15 is 0 Å². The van der Waals surface area contributed by atoms with Crippen LogP contribution in [0.1, 0.15) is 28.4 Å². The molecule has 0 saturated carbocycles. The lowest BCUT2D eigenvalue weighted by atomic mass is 10.1. The van der Waals surface area contributed by atoms with E-state index in [1.807, 2.05) is 31.2 Å². The molecular formula is C20H23FN2O2. The Labute approximate surface area is 147 Å². The summed E-state index contributed by atoms with van der Waals surface area (Å²) in [7, 11) is 0. The minimum atomic E-state index is -0.365. The zero-order valence-electron chi connectivity index (χ0n) is 14.6. The summed E-state index contributed by atoms with van der Waals surface area (Å²) in [6.45, 7) is 7.36. The number of amides is 1. The number of nitrogens with one attached hydrogen (secondary N) is 1. The average Bonchev–Trinajstić information content (AvgIpc) is 2.59. The Kier molecular flexibility index (Phi) is 5.46. The van der Waals surface area contributed by atoms with Crippen LogP contribution in [0, 0.1) is 12.7 Å². The molecule has 1 N–H and O–H groups in total. The second-order valence-electron chi connectivity index (χ2n) is 6.53. The van der Waals surface area contributed by atoms with Crippen LogP contribution in [0.2, 0.25) is 0 Å². The molecule has 0 aromatic heterocycles. The lowest BCUT2D eigenvalue weighted by Gasteiger charge is -2.31. The van der Waals surface area contributed by atoms with Crippen molar-refractivity contribution in [3.05, 3.63) is 65.0 Å². The van der Waals surface area contributed by atoms with Gasteiger partial charge >= 0.3 is 0 Å². The molecular weight excluding hydrogens is 319 g/mol. The second-order valence-corrected chi connectivity index (χ2v) is 6.53. The van der Waals surface area contributed by atoms with E-state index in [9.17, 15) is 9.18 Å². The van der Waals surface area contributed by atoms with Gasteiger partial charge in [-0.1, -0.05) is 18.2 Å². The predicted octanol–water partition coefficient (Wildman–Crippen LogP) is 3.61. The first kappa shape index (κ1) is 17.6. The Hall–Kier alpha value is -2.24. The number of carbonyl (C=O) groups is 1. The summed E-state index contributed by atoms with van der Waals surface area (Å²) in [6.07, 6.45) is 0.258. The molecule has 1 aliphatic heterocycles. The number of benzene rings is 2. The van der Waals surface area contributed by atoms with Crippen LogP contribution < -0.4 is 5.32 Å². The number of carbonyl (C=O) groups excluding carboxylic acids is 1. The highest BCUT2D eigenvalue weighted by molar-refractivity contribution is 6.04. The average molecular weight is 342 g/mol. The maximum atomic E-state index is 13.3. The van der Waals surface area contributed by atoms with E-state index in [2.05, 4.69) is 17.1 Å². The molecule has 25 heavy (non-hydrogen) atoms. The van der Waals surface area contributed by atoms with Crippen molar-refractivity contribution in [3.8, 4) is 0 Å². The van der Waals surface area contributed by atoms with Crippen molar-refractivity contribution >= 4 is 11.6 Å². The molecule has 1 heterocycles. The molecule has 0 aliphatic carbocycles. The molecule has 2 aromatic rings. The topological polar surface area (TPSA) is 41.6 Å². The van der Waals surface area contributed by atoms with Crippen molar-refractivity contribution in [3.63, 3.8) is 0 Å². The first-order chi connectivity index (χ1) is 12.0. The van der Waals surface area contributed by atoms with E-state index in [-0.39, 0.29) is 17.8 Å². The number of aryl methyl sites for hydroxylation is 1. The van der Waals surface area contributed by atoms with E-state index in [0.29, 0.717) is 11.3 Å². The maximum absolute atomic E-state index is 13.3. The zero-order valence-corrected chi connectivity index (χ0v) is 14.6. The van der Waals surface area contributed by atoms with Gasteiger partial charge < -0.3 is 10.1 Å².